The van der Waals surface area contributed by atoms with Gasteiger partial charge in [-0.05, 0) is 36.6 Å². The normalized spacial score (nSPS) is 15.4. The Morgan fingerprint density at radius 3 is 2.38 bits per heavy atom. The number of urea groups is 1. The van der Waals surface area contributed by atoms with Gasteiger partial charge in [-0.1, -0.05) is 42.5 Å². The zero-order chi connectivity index (χ0) is 20.7. The molecule has 1 aliphatic rings. The molecule has 146 valence electrons. The molecule has 0 spiro atoms. The molecule has 1 unspecified atom stereocenters. The second-order valence-corrected chi connectivity index (χ2v) is 7.03. The minimum absolute atomic E-state index is 0.188. The molecule has 2 aromatic carbocycles. The van der Waals surface area contributed by atoms with E-state index in [-0.39, 0.29) is 6.54 Å². The van der Waals surface area contributed by atoms with E-state index in [0.717, 1.165) is 20.9 Å². The molecular weight excluding hydrogens is 372 g/mol. The molecule has 1 aliphatic heterocycles. The van der Waals surface area contributed by atoms with Crippen molar-refractivity contribution in [3.8, 4) is 0 Å². The lowest BCUT2D eigenvalue weighted by Crippen LogP contribution is -2.35. The van der Waals surface area contributed by atoms with Crippen molar-refractivity contribution in [3.05, 3.63) is 81.7 Å². The van der Waals surface area contributed by atoms with E-state index in [1.165, 1.54) is 6.07 Å². The highest BCUT2D eigenvalue weighted by Gasteiger charge is 2.47. The van der Waals surface area contributed by atoms with E-state index in [2.05, 4.69) is 0 Å². The van der Waals surface area contributed by atoms with Crippen LogP contribution >= 0.6 is 0 Å². The van der Waals surface area contributed by atoms with Crippen molar-refractivity contribution in [3.63, 3.8) is 0 Å². The van der Waals surface area contributed by atoms with Gasteiger partial charge in [0.25, 0.3) is 0 Å². The van der Waals surface area contributed by atoms with Crippen molar-refractivity contribution in [1.82, 2.24) is 9.80 Å². The molecule has 0 N–H and O–H groups in total. The number of benzene rings is 2. The summed E-state index contributed by atoms with van der Waals surface area (Å²) in [7, 11) is 0. The van der Waals surface area contributed by atoms with E-state index >= 15 is 0 Å². The highest BCUT2D eigenvalue weighted by molar-refractivity contribution is 6.44. The average Bonchev–Trinajstić information content (AvgIpc) is 2.91. The van der Waals surface area contributed by atoms with Crippen molar-refractivity contribution in [2.75, 3.05) is 0 Å². The van der Waals surface area contributed by atoms with Crippen LogP contribution in [0.25, 0.3) is 11.0 Å². The van der Waals surface area contributed by atoms with Gasteiger partial charge in [0.2, 0.25) is 0 Å². The second-order valence-electron chi connectivity index (χ2n) is 7.03. The predicted molar refractivity (Wildman–Crippen MR) is 105 cm³/mol. The molecular formula is C22H18N2O5. The van der Waals surface area contributed by atoms with Crippen molar-refractivity contribution in [2.45, 2.75) is 26.4 Å². The fraction of sp³-hybridized carbons (Fsp3) is 0.182. The fourth-order valence-corrected chi connectivity index (χ4v) is 3.52. The van der Waals surface area contributed by atoms with Crippen molar-refractivity contribution >= 4 is 28.8 Å². The van der Waals surface area contributed by atoms with E-state index in [4.69, 9.17) is 4.42 Å². The van der Waals surface area contributed by atoms with Crippen molar-refractivity contribution in [1.29, 1.82) is 0 Å². The van der Waals surface area contributed by atoms with Crippen LogP contribution in [0.4, 0.5) is 4.79 Å². The maximum atomic E-state index is 12.9. The summed E-state index contributed by atoms with van der Waals surface area (Å²) in [6, 6.07) is 14.3. The van der Waals surface area contributed by atoms with Gasteiger partial charge in [-0.2, -0.15) is 0 Å². The molecule has 2 heterocycles. The van der Waals surface area contributed by atoms with Gasteiger partial charge in [-0.15, -0.1) is 0 Å². The fourth-order valence-electron chi connectivity index (χ4n) is 3.52. The summed E-state index contributed by atoms with van der Waals surface area (Å²) >= 11 is 0. The third-order valence-corrected chi connectivity index (χ3v) is 5.07. The van der Waals surface area contributed by atoms with E-state index in [1.54, 1.807) is 43.3 Å². The number of amides is 4. The van der Waals surface area contributed by atoms with Crippen LogP contribution in [0.5, 0.6) is 0 Å². The van der Waals surface area contributed by atoms with Gasteiger partial charge in [0.1, 0.15) is 5.58 Å². The zero-order valence-electron chi connectivity index (χ0n) is 15.9. The highest BCUT2D eigenvalue weighted by atomic mass is 16.4. The number of aryl methyl sites for hydroxylation is 1. The summed E-state index contributed by atoms with van der Waals surface area (Å²) in [4.78, 5) is 51.8. The summed E-state index contributed by atoms with van der Waals surface area (Å²) < 4.78 is 5.22. The standard InChI is InChI=1S/C22H18N2O5/c1-13-8-9-17-16(11-19(25)29-18(17)10-13)12-23-20(26)21(27)24(22(23)28)14(2)15-6-4-3-5-7-15/h3-11,14H,12H2,1-2H3. The van der Waals surface area contributed by atoms with E-state index < -0.39 is 29.5 Å². The van der Waals surface area contributed by atoms with E-state index in [9.17, 15) is 19.2 Å². The lowest BCUT2D eigenvalue weighted by atomic mass is 10.1. The predicted octanol–water partition coefficient (Wildman–Crippen LogP) is 3.15. The minimum atomic E-state index is -0.911. The van der Waals surface area contributed by atoms with Gasteiger partial charge >= 0.3 is 23.5 Å². The molecule has 0 aliphatic carbocycles. The maximum Gasteiger partial charge on any atom is 0.336 e. The molecule has 0 bridgehead atoms. The first-order valence-corrected chi connectivity index (χ1v) is 9.14. The van der Waals surface area contributed by atoms with Crippen molar-refractivity contribution < 1.29 is 18.8 Å². The lowest BCUT2D eigenvalue weighted by Gasteiger charge is -2.22. The molecule has 0 radical (unpaired) electrons. The molecule has 1 aromatic heterocycles. The first kappa shape index (κ1) is 18.6. The smallest absolute Gasteiger partial charge is 0.336 e. The number of imide groups is 2. The van der Waals surface area contributed by atoms with Gasteiger partial charge < -0.3 is 4.42 Å². The monoisotopic (exact) mass is 390 g/mol. The Labute approximate surface area is 166 Å². The summed E-state index contributed by atoms with van der Waals surface area (Å²) in [5.41, 5.74) is 1.87. The molecule has 29 heavy (non-hydrogen) atoms. The van der Waals surface area contributed by atoms with Gasteiger partial charge in [0.15, 0.2) is 0 Å². The van der Waals surface area contributed by atoms with Crippen LogP contribution < -0.4 is 5.63 Å². The number of carbonyl (C=O) groups excluding carboxylic acids is 3. The zero-order valence-corrected chi connectivity index (χ0v) is 15.9. The average molecular weight is 390 g/mol. The minimum Gasteiger partial charge on any atom is -0.423 e. The first-order chi connectivity index (χ1) is 13.9. The largest absolute Gasteiger partial charge is 0.423 e. The number of fused-ring (bicyclic) bond motifs is 1. The van der Waals surface area contributed by atoms with Crippen LogP contribution in [-0.4, -0.2) is 27.6 Å². The molecule has 0 saturated carbocycles. The highest BCUT2D eigenvalue weighted by Crippen LogP contribution is 2.28. The molecule has 1 saturated heterocycles. The molecule has 7 heteroatoms. The topological polar surface area (TPSA) is 87.9 Å². The summed E-state index contributed by atoms with van der Waals surface area (Å²) in [6.45, 7) is 3.37. The summed E-state index contributed by atoms with van der Waals surface area (Å²) in [6.07, 6.45) is 0. The second kappa shape index (κ2) is 7.01. The van der Waals surface area contributed by atoms with Crippen molar-refractivity contribution in [2.24, 2.45) is 0 Å². The Morgan fingerprint density at radius 1 is 0.931 bits per heavy atom. The molecule has 4 amide bonds. The first-order valence-electron chi connectivity index (χ1n) is 9.14. The summed E-state index contributed by atoms with van der Waals surface area (Å²) in [5.74, 6) is -1.79. The Bertz CT molecular complexity index is 1200. The number of hydrogen-bond acceptors (Lipinski definition) is 5. The Hall–Kier alpha value is -3.74. The van der Waals surface area contributed by atoms with Gasteiger partial charge in [0, 0.05) is 11.5 Å². The third kappa shape index (κ3) is 3.20. The number of hydrogen-bond donors (Lipinski definition) is 0. The number of rotatable bonds is 4. The quantitative estimate of drug-likeness (QED) is 0.388. The van der Waals surface area contributed by atoms with Gasteiger partial charge in [0.05, 0.1) is 12.6 Å². The van der Waals surface area contributed by atoms with Gasteiger partial charge in [-0.3, -0.25) is 14.5 Å². The van der Waals surface area contributed by atoms with E-state index in [1.807, 2.05) is 19.1 Å². The van der Waals surface area contributed by atoms with Crippen LogP contribution in [0.2, 0.25) is 0 Å². The molecule has 4 rings (SSSR count). The number of nitrogens with zero attached hydrogens (tertiary/aromatic N) is 2. The van der Waals surface area contributed by atoms with Gasteiger partial charge in [-0.25, -0.2) is 14.5 Å². The van der Waals surface area contributed by atoms with Crippen LogP contribution in [0.15, 0.2) is 63.8 Å². The van der Waals surface area contributed by atoms with Crippen LogP contribution in [0, 0.1) is 6.92 Å². The Kier molecular flexibility index (Phi) is 4.50. The van der Waals surface area contributed by atoms with Crippen LogP contribution in [-0.2, 0) is 16.1 Å². The molecule has 1 atom stereocenters. The Morgan fingerprint density at radius 2 is 1.66 bits per heavy atom. The Balaban J connectivity index is 1.69. The maximum absolute atomic E-state index is 12.9. The summed E-state index contributed by atoms with van der Waals surface area (Å²) in [5, 5.41) is 0.609. The molecule has 3 aromatic rings. The molecule has 7 nitrogen and oxygen atoms in total. The van der Waals surface area contributed by atoms with Crippen LogP contribution in [0.3, 0.4) is 0 Å². The third-order valence-electron chi connectivity index (χ3n) is 5.07. The number of carbonyl (C=O) groups is 3. The van der Waals surface area contributed by atoms with Crippen LogP contribution in [0.1, 0.15) is 29.7 Å². The SMILES string of the molecule is Cc1ccc2c(CN3C(=O)C(=O)N(C(C)c4ccccc4)C3=O)cc(=O)oc2c1. The van der Waals surface area contributed by atoms with E-state index in [0.29, 0.717) is 16.5 Å². The molecule has 1 fully saturated rings. The lowest BCUT2D eigenvalue weighted by molar-refractivity contribution is -0.144.